The number of carbonyl (C=O) groups excluding carboxylic acids is 1. The normalized spacial score (nSPS) is 10.2. The first-order valence-corrected chi connectivity index (χ1v) is 7.85. The average molecular weight is 338 g/mol. The van der Waals surface area contributed by atoms with Crippen LogP contribution in [0, 0.1) is 6.92 Å². The van der Waals surface area contributed by atoms with E-state index in [1.165, 1.54) is 0 Å². The van der Waals surface area contributed by atoms with E-state index in [0.29, 0.717) is 10.7 Å². The largest absolute Gasteiger partial charge is 0.354 e. The molecule has 0 saturated carbocycles. The second-order valence-corrected chi connectivity index (χ2v) is 5.77. The van der Waals surface area contributed by atoms with Crippen LogP contribution in [0.4, 0.5) is 17.1 Å². The van der Waals surface area contributed by atoms with Crippen LogP contribution in [0.5, 0.6) is 0 Å². The lowest BCUT2D eigenvalue weighted by Gasteiger charge is -2.10. The van der Waals surface area contributed by atoms with E-state index >= 15 is 0 Å². The Morgan fingerprint density at radius 1 is 1.00 bits per heavy atom. The van der Waals surface area contributed by atoms with E-state index < -0.39 is 0 Å². The van der Waals surface area contributed by atoms with Gasteiger partial charge in [0.25, 0.3) is 5.91 Å². The van der Waals surface area contributed by atoms with Crippen LogP contribution in [0.25, 0.3) is 0 Å². The molecule has 1 amide bonds. The minimum absolute atomic E-state index is 0.240. The van der Waals surface area contributed by atoms with Crippen molar-refractivity contribution in [2.45, 2.75) is 6.92 Å². The molecule has 2 aromatic carbocycles. The average Bonchev–Trinajstić information content (AvgIpc) is 2.59. The van der Waals surface area contributed by atoms with E-state index in [2.05, 4.69) is 15.6 Å². The van der Waals surface area contributed by atoms with Gasteiger partial charge in [-0.1, -0.05) is 29.8 Å². The Bertz CT molecular complexity index is 848. The Morgan fingerprint density at radius 3 is 2.46 bits per heavy atom. The van der Waals surface area contributed by atoms with Crippen molar-refractivity contribution in [3.05, 3.63) is 83.1 Å². The molecule has 3 rings (SSSR count). The number of anilines is 3. The Balaban J connectivity index is 1.70. The molecule has 1 heterocycles. The molecule has 2 N–H and O–H groups in total. The first-order valence-electron chi connectivity index (χ1n) is 7.47. The molecular weight excluding hydrogens is 322 g/mol. The Morgan fingerprint density at radius 2 is 1.79 bits per heavy atom. The van der Waals surface area contributed by atoms with Crippen LogP contribution in [-0.4, -0.2) is 10.9 Å². The van der Waals surface area contributed by atoms with E-state index in [-0.39, 0.29) is 5.91 Å². The number of hydrogen-bond acceptors (Lipinski definition) is 3. The number of nitrogens with one attached hydrogen (secondary N) is 2. The summed E-state index contributed by atoms with van der Waals surface area (Å²) in [6, 6.07) is 18.4. The van der Waals surface area contributed by atoms with Crippen molar-refractivity contribution in [3.63, 3.8) is 0 Å². The quantitative estimate of drug-likeness (QED) is 0.701. The van der Waals surface area contributed by atoms with Crippen molar-refractivity contribution >= 4 is 34.6 Å². The van der Waals surface area contributed by atoms with Gasteiger partial charge in [0.15, 0.2) is 0 Å². The van der Waals surface area contributed by atoms with E-state index in [1.807, 2.05) is 61.5 Å². The van der Waals surface area contributed by atoms with Crippen molar-refractivity contribution in [1.82, 2.24) is 4.98 Å². The summed E-state index contributed by atoms with van der Waals surface area (Å²) >= 11 is 5.96. The summed E-state index contributed by atoms with van der Waals surface area (Å²) < 4.78 is 0. The second kappa shape index (κ2) is 7.15. The zero-order valence-electron chi connectivity index (χ0n) is 13.1. The number of pyridine rings is 1. The van der Waals surface area contributed by atoms with E-state index in [1.54, 1.807) is 12.3 Å². The highest BCUT2D eigenvalue weighted by Crippen LogP contribution is 2.23. The number of amides is 1. The molecule has 0 atom stereocenters. The van der Waals surface area contributed by atoms with E-state index in [0.717, 1.165) is 22.6 Å². The molecule has 0 unspecified atom stereocenters. The van der Waals surface area contributed by atoms with Crippen LogP contribution in [0.3, 0.4) is 0 Å². The number of aryl methyl sites for hydroxylation is 1. The molecule has 0 radical (unpaired) electrons. The summed E-state index contributed by atoms with van der Waals surface area (Å²) in [6.45, 7) is 1.98. The van der Waals surface area contributed by atoms with Crippen LogP contribution in [0.1, 0.15) is 16.1 Å². The van der Waals surface area contributed by atoms with Gasteiger partial charge in [0.05, 0.1) is 11.9 Å². The van der Waals surface area contributed by atoms with E-state index in [4.69, 9.17) is 11.6 Å². The smallest absolute Gasteiger partial charge is 0.274 e. The third-order valence-corrected chi connectivity index (χ3v) is 3.73. The second-order valence-electron chi connectivity index (χ2n) is 5.34. The zero-order chi connectivity index (χ0) is 16.9. The standard InChI is InChI=1S/C19H16ClN3O/c1-13-11-14(20)7-9-17(13)22-16-8-10-18(21-12-16)19(24)23-15-5-3-2-4-6-15/h2-12,22H,1H3,(H,23,24). The number of halogens is 1. The van der Waals surface area contributed by atoms with Crippen LogP contribution >= 0.6 is 11.6 Å². The number of carbonyl (C=O) groups is 1. The molecule has 0 aliphatic rings. The number of aromatic nitrogens is 1. The van der Waals surface area contributed by atoms with E-state index in [9.17, 15) is 4.79 Å². The number of hydrogen-bond donors (Lipinski definition) is 2. The third kappa shape index (κ3) is 3.91. The fourth-order valence-corrected chi connectivity index (χ4v) is 2.47. The molecule has 0 bridgehead atoms. The Labute approximate surface area is 145 Å². The highest BCUT2D eigenvalue weighted by molar-refractivity contribution is 6.30. The number of nitrogens with zero attached hydrogens (tertiary/aromatic N) is 1. The van der Waals surface area contributed by atoms with Crippen molar-refractivity contribution in [2.75, 3.05) is 10.6 Å². The third-order valence-electron chi connectivity index (χ3n) is 3.50. The van der Waals surface area contributed by atoms with Gasteiger partial charge in [-0.2, -0.15) is 0 Å². The lowest BCUT2D eigenvalue weighted by atomic mass is 10.2. The molecule has 24 heavy (non-hydrogen) atoms. The fraction of sp³-hybridized carbons (Fsp3) is 0.0526. The molecule has 5 heteroatoms. The molecule has 0 fully saturated rings. The molecule has 3 aromatic rings. The van der Waals surface area contributed by atoms with Gasteiger partial charge in [0.1, 0.15) is 5.69 Å². The molecule has 0 aliphatic carbocycles. The van der Waals surface area contributed by atoms with Crippen LogP contribution in [0.15, 0.2) is 66.9 Å². The maximum Gasteiger partial charge on any atom is 0.274 e. The molecule has 4 nitrogen and oxygen atoms in total. The summed E-state index contributed by atoms with van der Waals surface area (Å²) in [7, 11) is 0. The summed E-state index contributed by atoms with van der Waals surface area (Å²) in [4.78, 5) is 16.4. The first-order chi connectivity index (χ1) is 11.6. The lowest BCUT2D eigenvalue weighted by molar-refractivity contribution is 0.102. The number of benzene rings is 2. The van der Waals surface area contributed by atoms with Crippen LogP contribution in [0.2, 0.25) is 5.02 Å². The van der Waals surface area contributed by atoms with Crippen molar-refractivity contribution in [2.24, 2.45) is 0 Å². The van der Waals surface area contributed by atoms with Crippen molar-refractivity contribution in [3.8, 4) is 0 Å². The lowest BCUT2D eigenvalue weighted by Crippen LogP contribution is -2.13. The molecule has 120 valence electrons. The highest BCUT2D eigenvalue weighted by atomic mass is 35.5. The summed E-state index contributed by atoms with van der Waals surface area (Å²) in [6.07, 6.45) is 1.63. The van der Waals surface area contributed by atoms with Gasteiger partial charge in [-0.05, 0) is 55.0 Å². The van der Waals surface area contributed by atoms with Crippen molar-refractivity contribution in [1.29, 1.82) is 0 Å². The van der Waals surface area contributed by atoms with Crippen molar-refractivity contribution < 1.29 is 4.79 Å². The molecule has 0 saturated heterocycles. The number of rotatable bonds is 4. The van der Waals surface area contributed by atoms with Gasteiger partial charge >= 0.3 is 0 Å². The monoisotopic (exact) mass is 337 g/mol. The first kappa shape index (κ1) is 16.0. The zero-order valence-corrected chi connectivity index (χ0v) is 13.8. The summed E-state index contributed by atoms with van der Waals surface area (Å²) in [5.74, 6) is -0.240. The molecule has 1 aromatic heterocycles. The van der Waals surface area contributed by atoms with Gasteiger partial charge in [-0.15, -0.1) is 0 Å². The SMILES string of the molecule is Cc1cc(Cl)ccc1Nc1ccc(C(=O)Nc2ccccc2)nc1. The van der Waals surface area contributed by atoms with Gasteiger partial charge < -0.3 is 10.6 Å². The predicted molar refractivity (Wildman–Crippen MR) is 98.1 cm³/mol. The van der Waals surface area contributed by atoms with Gasteiger partial charge in [-0.3, -0.25) is 4.79 Å². The maximum atomic E-state index is 12.2. The minimum Gasteiger partial charge on any atom is -0.354 e. The van der Waals surface area contributed by atoms with Crippen LogP contribution in [-0.2, 0) is 0 Å². The predicted octanol–water partition coefficient (Wildman–Crippen LogP) is 5.04. The highest BCUT2D eigenvalue weighted by Gasteiger charge is 2.08. The topological polar surface area (TPSA) is 54.0 Å². The maximum absolute atomic E-state index is 12.2. The fourth-order valence-electron chi connectivity index (χ4n) is 2.24. The molecule has 0 aliphatic heterocycles. The summed E-state index contributed by atoms with van der Waals surface area (Å²) in [5, 5.41) is 6.77. The Kier molecular flexibility index (Phi) is 4.77. The Hall–Kier alpha value is -2.85. The van der Waals surface area contributed by atoms with Gasteiger partial charge in [0, 0.05) is 16.4 Å². The molecular formula is C19H16ClN3O. The van der Waals surface area contributed by atoms with Gasteiger partial charge in [-0.25, -0.2) is 4.98 Å². The number of para-hydroxylation sites is 1. The minimum atomic E-state index is -0.240. The summed E-state index contributed by atoms with van der Waals surface area (Å²) in [5.41, 5.74) is 3.88. The molecule has 0 spiro atoms. The van der Waals surface area contributed by atoms with Crippen LogP contribution < -0.4 is 10.6 Å². The van der Waals surface area contributed by atoms with Gasteiger partial charge in [0.2, 0.25) is 0 Å².